The Hall–Kier alpha value is -2.19. The summed E-state index contributed by atoms with van der Waals surface area (Å²) in [6.45, 7) is 6.15. The van der Waals surface area contributed by atoms with Crippen LogP contribution in [-0.4, -0.2) is 43.9 Å². The van der Waals surface area contributed by atoms with Crippen molar-refractivity contribution in [3.63, 3.8) is 0 Å². The molecule has 7 heteroatoms. The predicted molar refractivity (Wildman–Crippen MR) is 121 cm³/mol. The van der Waals surface area contributed by atoms with Gasteiger partial charge in [-0.2, -0.15) is 0 Å². The van der Waals surface area contributed by atoms with Crippen LogP contribution >= 0.6 is 0 Å². The summed E-state index contributed by atoms with van der Waals surface area (Å²) in [5.41, 5.74) is 1.24. The van der Waals surface area contributed by atoms with Crippen molar-refractivity contribution in [2.24, 2.45) is 5.92 Å². The van der Waals surface area contributed by atoms with Crippen LogP contribution in [0, 0.1) is 5.92 Å². The van der Waals surface area contributed by atoms with Gasteiger partial charge < -0.3 is 24.3 Å². The maximum atomic E-state index is 14.1. The molecule has 4 rings (SSSR count). The number of carbonyl (C=O) groups excluding carboxylic acids is 1. The van der Waals surface area contributed by atoms with Gasteiger partial charge in [-0.15, -0.1) is 0 Å². The van der Waals surface area contributed by atoms with E-state index in [0.29, 0.717) is 18.7 Å². The summed E-state index contributed by atoms with van der Waals surface area (Å²) in [7, 11) is -1.08. The van der Waals surface area contributed by atoms with Gasteiger partial charge >= 0.3 is 0 Å². The number of nitrogens with zero attached hydrogens (tertiary/aromatic N) is 1. The summed E-state index contributed by atoms with van der Waals surface area (Å²) in [4.78, 5) is 26.9. The molecule has 1 fully saturated rings. The maximum Gasteiger partial charge on any atom is 0.264 e. The molecule has 0 saturated carbocycles. The first-order chi connectivity index (χ1) is 14.7. The number of amides is 1. The Kier molecular flexibility index (Phi) is 5.72. The normalized spacial score (nSPS) is 27.7. The third-order valence-corrected chi connectivity index (χ3v) is 9.29. The second-order valence-corrected chi connectivity index (χ2v) is 13.1. The molecule has 2 aliphatic heterocycles. The summed E-state index contributed by atoms with van der Waals surface area (Å²) in [5, 5.41) is 9.66. The minimum atomic E-state index is -2.69. The molecule has 0 radical (unpaired) electrons. The number of methoxy groups -OCH3 is 1. The third kappa shape index (κ3) is 3.49. The largest absolute Gasteiger partial charge is 0.497 e. The van der Waals surface area contributed by atoms with Crippen LogP contribution < -0.4 is 9.64 Å². The highest BCUT2D eigenvalue weighted by Crippen LogP contribution is 2.60. The van der Waals surface area contributed by atoms with Crippen molar-refractivity contribution >= 4 is 19.9 Å². The molecule has 2 aromatic rings. The van der Waals surface area contributed by atoms with Gasteiger partial charge in [-0.25, -0.2) is 0 Å². The number of anilines is 1. The molecule has 31 heavy (non-hydrogen) atoms. The lowest BCUT2D eigenvalue weighted by atomic mass is 9.82. The molecule has 2 N–H and O–H groups in total. The first kappa shape index (κ1) is 22.0. The molecule has 2 aliphatic rings. The van der Waals surface area contributed by atoms with Gasteiger partial charge in [0.25, 0.3) is 5.91 Å². The minimum Gasteiger partial charge on any atom is -0.497 e. The zero-order chi connectivity index (χ0) is 22.4. The first-order valence-electron chi connectivity index (χ1n) is 10.8. The third-order valence-electron chi connectivity index (χ3n) is 6.79. The fraction of sp³-hybridized carbons (Fsp3) is 0.458. The van der Waals surface area contributed by atoms with Crippen LogP contribution in [-0.2, 0) is 21.7 Å². The number of hydrogen-bond acceptors (Lipinski definition) is 5. The van der Waals surface area contributed by atoms with E-state index in [9.17, 15) is 14.7 Å². The quantitative estimate of drug-likeness (QED) is 0.672. The van der Waals surface area contributed by atoms with Crippen LogP contribution in [0.15, 0.2) is 48.5 Å². The highest BCUT2D eigenvalue weighted by atomic mass is 28.4. The van der Waals surface area contributed by atoms with E-state index in [4.69, 9.17) is 9.47 Å². The van der Waals surface area contributed by atoms with Crippen molar-refractivity contribution in [3.05, 3.63) is 59.7 Å². The topological polar surface area (TPSA) is 79.2 Å². The highest BCUT2D eigenvalue weighted by Gasteiger charge is 2.66. The fourth-order valence-corrected chi connectivity index (χ4v) is 8.11. The zero-order valence-corrected chi connectivity index (χ0v) is 19.5. The molecule has 0 unspecified atom stereocenters. The molecule has 1 amide bonds. The van der Waals surface area contributed by atoms with Crippen molar-refractivity contribution < 1.29 is 24.2 Å². The Morgan fingerprint density at radius 1 is 1.19 bits per heavy atom. The standard InChI is InChI=1S/C24H31NO5Si/c1-16-22(31(3,4)28)21(12-13-26)30-24(16)19-14-18(29-2)10-11-20(19)25(23(24)27)15-17-8-6-5-7-9-17/h5-11,14,16,21-22,26,28H,12-13,15H2,1-4H3/t16-,21+,22-,24+/m0/s1. The summed E-state index contributed by atoms with van der Waals surface area (Å²) >= 11 is 0. The molecular weight excluding hydrogens is 410 g/mol. The van der Waals surface area contributed by atoms with Crippen LogP contribution in [0.5, 0.6) is 5.75 Å². The predicted octanol–water partition coefficient (Wildman–Crippen LogP) is 3.42. The molecule has 2 aromatic carbocycles. The van der Waals surface area contributed by atoms with E-state index in [2.05, 4.69) is 0 Å². The number of rotatable bonds is 6. The summed E-state index contributed by atoms with van der Waals surface area (Å²) < 4.78 is 12.0. The Morgan fingerprint density at radius 3 is 2.52 bits per heavy atom. The summed E-state index contributed by atoms with van der Waals surface area (Å²) in [6.07, 6.45) is 0.00489. The second kappa shape index (κ2) is 8.06. The maximum absolute atomic E-state index is 14.1. The highest BCUT2D eigenvalue weighted by molar-refractivity contribution is 6.71. The van der Waals surface area contributed by atoms with Gasteiger partial charge in [-0.1, -0.05) is 37.3 Å². The van der Waals surface area contributed by atoms with Gasteiger partial charge in [0.05, 0.1) is 25.4 Å². The Labute approximate surface area is 184 Å². The Balaban J connectivity index is 1.85. The Bertz CT molecular complexity index is 960. The minimum absolute atomic E-state index is 0.0542. The van der Waals surface area contributed by atoms with Gasteiger partial charge in [0.2, 0.25) is 0 Å². The fourth-order valence-electron chi connectivity index (χ4n) is 5.50. The van der Waals surface area contributed by atoms with Crippen molar-refractivity contribution in [3.8, 4) is 5.75 Å². The van der Waals surface area contributed by atoms with Crippen molar-refractivity contribution in [2.75, 3.05) is 18.6 Å². The lowest BCUT2D eigenvalue weighted by molar-refractivity contribution is -0.146. The molecule has 4 atom stereocenters. The first-order valence-corrected chi connectivity index (χ1v) is 13.8. The van der Waals surface area contributed by atoms with E-state index in [-0.39, 0.29) is 30.1 Å². The number of carbonyl (C=O) groups is 1. The van der Waals surface area contributed by atoms with Crippen molar-refractivity contribution in [1.29, 1.82) is 0 Å². The molecule has 1 spiro atoms. The average molecular weight is 442 g/mol. The van der Waals surface area contributed by atoms with Gasteiger partial charge in [0.1, 0.15) is 5.75 Å². The van der Waals surface area contributed by atoms with Gasteiger partial charge in [0.15, 0.2) is 13.9 Å². The molecule has 166 valence electrons. The van der Waals surface area contributed by atoms with Crippen LogP contribution in [0.3, 0.4) is 0 Å². The summed E-state index contributed by atoms with van der Waals surface area (Å²) in [5.74, 6) is 0.302. The molecule has 0 bridgehead atoms. The van der Waals surface area contributed by atoms with Crippen LogP contribution in [0.25, 0.3) is 0 Å². The number of ether oxygens (including phenoxy) is 2. The monoisotopic (exact) mass is 441 g/mol. The van der Waals surface area contributed by atoms with E-state index < -0.39 is 13.9 Å². The van der Waals surface area contributed by atoms with Crippen LogP contribution in [0.1, 0.15) is 24.5 Å². The molecule has 0 aromatic heterocycles. The number of benzene rings is 2. The number of aliphatic hydroxyl groups is 1. The average Bonchev–Trinajstić information content (AvgIpc) is 3.16. The van der Waals surface area contributed by atoms with Crippen molar-refractivity contribution in [2.45, 2.75) is 50.2 Å². The smallest absolute Gasteiger partial charge is 0.264 e. The molecule has 2 heterocycles. The SMILES string of the molecule is COc1ccc2c(c1)[C@@]1(O[C@H](CCO)[C@@H]([Si](C)(C)O)[C@@H]1C)C(=O)N2Cc1ccccc1. The molecule has 1 saturated heterocycles. The number of hydrogen-bond donors (Lipinski definition) is 2. The van der Waals surface area contributed by atoms with E-state index in [0.717, 1.165) is 16.8 Å². The van der Waals surface area contributed by atoms with Gasteiger partial charge in [0, 0.05) is 23.6 Å². The Morgan fingerprint density at radius 2 is 1.90 bits per heavy atom. The lowest BCUT2D eigenvalue weighted by Crippen LogP contribution is -2.46. The molecular formula is C24H31NO5Si. The lowest BCUT2D eigenvalue weighted by Gasteiger charge is -2.32. The molecule has 0 aliphatic carbocycles. The van der Waals surface area contributed by atoms with E-state index >= 15 is 0 Å². The van der Waals surface area contributed by atoms with Gasteiger partial charge in [-0.3, -0.25) is 4.79 Å². The van der Waals surface area contributed by atoms with Crippen LogP contribution in [0.4, 0.5) is 5.69 Å². The molecule has 6 nitrogen and oxygen atoms in total. The second-order valence-electron chi connectivity index (χ2n) is 9.13. The van der Waals surface area contributed by atoms with Gasteiger partial charge in [-0.05, 0) is 43.3 Å². The number of aliphatic hydroxyl groups excluding tert-OH is 1. The van der Waals surface area contributed by atoms with E-state index in [1.165, 1.54) is 0 Å². The van der Waals surface area contributed by atoms with E-state index in [1.54, 1.807) is 12.0 Å². The number of fused-ring (bicyclic) bond motifs is 2. The van der Waals surface area contributed by atoms with E-state index in [1.807, 2.05) is 68.5 Å². The zero-order valence-electron chi connectivity index (χ0n) is 18.5. The van der Waals surface area contributed by atoms with Crippen molar-refractivity contribution in [1.82, 2.24) is 0 Å². The van der Waals surface area contributed by atoms with Crippen LogP contribution in [0.2, 0.25) is 18.6 Å². The summed E-state index contributed by atoms with van der Waals surface area (Å²) in [6, 6.07) is 15.5.